The average molecular weight is 311 g/mol. The predicted molar refractivity (Wildman–Crippen MR) is 86.8 cm³/mol. The summed E-state index contributed by atoms with van der Waals surface area (Å²) in [6.45, 7) is 1.99. The molecule has 0 unspecified atom stereocenters. The maximum Gasteiger partial charge on any atom is 0.106 e. The second kappa shape index (κ2) is 5.78. The van der Waals surface area contributed by atoms with Gasteiger partial charge < -0.3 is 11.1 Å². The summed E-state index contributed by atoms with van der Waals surface area (Å²) in [5.41, 5.74) is 9.31. The Morgan fingerprint density at radius 1 is 1.11 bits per heavy atom. The van der Waals surface area contributed by atoms with Crippen LogP contribution in [0.25, 0.3) is 0 Å². The quantitative estimate of drug-likeness (QED) is 0.808. The Labute approximate surface area is 127 Å². The van der Waals surface area contributed by atoms with Gasteiger partial charge in [-0.05, 0) is 37.3 Å². The summed E-state index contributed by atoms with van der Waals surface area (Å²) < 4.78 is 0. The van der Waals surface area contributed by atoms with Gasteiger partial charge in [0, 0.05) is 16.9 Å². The van der Waals surface area contributed by atoms with E-state index in [1.807, 2.05) is 31.2 Å². The first-order chi connectivity index (χ1) is 8.97. The topological polar surface area (TPSA) is 38.0 Å². The molecule has 0 saturated carbocycles. The van der Waals surface area contributed by atoms with E-state index < -0.39 is 0 Å². The van der Waals surface area contributed by atoms with Crippen molar-refractivity contribution in [2.45, 2.75) is 6.92 Å². The molecule has 0 aliphatic carbocycles. The first kappa shape index (κ1) is 14.1. The standard InChI is InChI=1S/C14H12Cl2N2S/c1-8-2-5-13(10(6-8)14(17)19)18-9-3-4-11(15)12(16)7-9/h2-7,18H,1H3,(H2,17,19). The molecule has 0 aliphatic heterocycles. The van der Waals surface area contributed by atoms with E-state index in [1.54, 1.807) is 12.1 Å². The Hall–Kier alpha value is -1.29. The molecule has 19 heavy (non-hydrogen) atoms. The zero-order chi connectivity index (χ0) is 14.0. The van der Waals surface area contributed by atoms with Crippen molar-refractivity contribution in [3.8, 4) is 0 Å². The maximum atomic E-state index is 5.99. The van der Waals surface area contributed by atoms with Gasteiger partial charge in [0.05, 0.1) is 10.0 Å². The van der Waals surface area contributed by atoms with Gasteiger partial charge in [0.2, 0.25) is 0 Å². The highest BCUT2D eigenvalue weighted by Gasteiger charge is 2.07. The zero-order valence-corrected chi connectivity index (χ0v) is 12.5. The Balaban J connectivity index is 2.37. The number of thiocarbonyl (C=S) groups is 1. The monoisotopic (exact) mass is 310 g/mol. The molecule has 0 spiro atoms. The van der Waals surface area contributed by atoms with Crippen LogP contribution in [0.1, 0.15) is 11.1 Å². The number of nitrogens with two attached hydrogens (primary N) is 1. The minimum Gasteiger partial charge on any atom is -0.389 e. The van der Waals surface area contributed by atoms with Gasteiger partial charge in [0.1, 0.15) is 4.99 Å². The smallest absolute Gasteiger partial charge is 0.106 e. The lowest BCUT2D eigenvalue weighted by atomic mass is 10.1. The third-order valence-corrected chi connectivity index (χ3v) is 3.60. The van der Waals surface area contributed by atoms with Crippen LogP contribution in [0, 0.1) is 6.92 Å². The molecule has 0 aromatic heterocycles. The van der Waals surface area contributed by atoms with Crippen molar-refractivity contribution in [2.75, 3.05) is 5.32 Å². The third-order valence-electron chi connectivity index (χ3n) is 2.64. The Bertz CT molecular complexity index is 641. The molecule has 0 aliphatic rings. The minimum absolute atomic E-state index is 0.353. The van der Waals surface area contributed by atoms with Gasteiger partial charge in [-0.3, -0.25) is 0 Å². The predicted octanol–water partition coefficient (Wildman–Crippen LogP) is 4.68. The van der Waals surface area contributed by atoms with Gasteiger partial charge in [-0.1, -0.05) is 47.0 Å². The van der Waals surface area contributed by atoms with Crippen LogP contribution in [0.15, 0.2) is 36.4 Å². The van der Waals surface area contributed by atoms with Crippen molar-refractivity contribution in [1.82, 2.24) is 0 Å². The van der Waals surface area contributed by atoms with Crippen molar-refractivity contribution in [2.24, 2.45) is 5.73 Å². The summed E-state index contributed by atoms with van der Waals surface area (Å²) in [6.07, 6.45) is 0. The highest BCUT2D eigenvalue weighted by Crippen LogP contribution is 2.28. The van der Waals surface area contributed by atoms with E-state index in [-0.39, 0.29) is 0 Å². The lowest BCUT2D eigenvalue weighted by Crippen LogP contribution is -2.12. The summed E-state index contributed by atoms with van der Waals surface area (Å²) in [5, 5.41) is 4.25. The molecule has 0 heterocycles. The molecule has 0 radical (unpaired) electrons. The highest BCUT2D eigenvalue weighted by atomic mass is 35.5. The number of nitrogens with one attached hydrogen (secondary N) is 1. The fourth-order valence-corrected chi connectivity index (χ4v) is 2.17. The largest absolute Gasteiger partial charge is 0.389 e. The molecule has 0 saturated heterocycles. The van der Waals surface area contributed by atoms with E-state index in [9.17, 15) is 0 Å². The molecule has 0 atom stereocenters. The molecule has 2 aromatic carbocycles. The van der Waals surface area contributed by atoms with Gasteiger partial charge in [-0.25, -0.2) is 0 Å². The average Bonchev–Trinajstić information content (AvgIpc) is 2.36. The van der Waals surface area contributed by atoms with Crippen molar-refractivity contribution in [1.29, 1.82) is 0 Å². The molecule has 0 amide bonds. The van der Waals surface area contributed by atoms with Crippen LogP contribution in [-0.2, 0) is 0 Å². The number of aryl methyl sites for hydroxylation is 1. The van der Waals surface area contributed by atoms with Crippen molar-refractivity contribution in [3.63, 3.8) is 0 Å². The van der Waals surface area contributed by atoms with Crippen LogP contribution in [0.4, 0.5) is 11.4 Å². The summed E-state index contributed by atoms with van der Waals surface area (Å²) in [7, 11) is 0. The first-order valence-electron chi connectivity index (χ1n) is 5.60. The van der Waals surface area contributed by atoms with Crippen LogP contribution >= 0.6 is 35.4 Å². The van der Waals surface area contributed by atoms with Crippen molar-refractivity contribution >= 4 is 51.8 Å². The summed E-state index contributed by atoms with van der Waals surface area (Å²) in [6, 6.07) is 11.2. The molecule has 5 heteroatoms. The molecule has 2 nitrogen and oxygen atoms in total. The molecule has 3 N–H and O–H groups in total. The van der Waals surface area contributed by atoms with E-state index >= 15 is 0 Å². The fraction of sp³-hybridized carbons (Fsp3) is 0.0714. The minimum atomic E-state index is 0.353. The lowest BCUT2D eigenvalue weighted by Gasteiger charge is -2.12. The normalized spacial score (nSPS) is 10.3. The van der Waals surface area contributed by atoms with Gasteiger partial charge in [0.15, 0.2) is 0 Å². The Morgan fingerprint density at radius 3 is 2.47 bits per heavy atom. The second-order valence-corrected chi connectivity index (χ2v) is 5.42. The molecular formula is C14H12Cl2N2S. The number of anilines is 2. The lowest BCUT2D eigenvalue weighted by molar-refractivity contribution is 1.43. The third kappa shape index (κ3) is 3.38. The second-order valence-electron chi connectivity index (χ2n) is 4.17. The van der Waals surface area contributed by atoms with E-state index in [2.05, 4.69) is 5.32 Å². The van der Waals surface area contributed by atoms with Gasteiger partial charge >= 0.3 is 0 Å². The summed E-state index contributed by atoms with van der Waals surface area (Å²) >= 11 is 16.9. The number of halogens is 2. The SMILES string of the molecule is Cc1ccc(Nc2ccc(Cl)c(Cl)c2)c(C(N)=S)c1. The number of benzene rings is 2. The van der Waals surface area contributed by atoms with Crippen molar-refractivity contribution < 1.29 is 0 Å². The van der Waals surface area contributed by atoms with E-state index in [0.29, 0.717) is 15.0 Å². The first-order valence-corrected chi connectivity index (χ1v) is 6.76. The van der Waals surface area contributed by atoms with E-state index in [1.165, 1.54) is 0 Å². The Morgan fingerprint density at radius 2 is 1.84 bits per heavy atom. The van der Waals surface area contributed by atoms with Crippen molar-refractivity contribution in [3.05, 3.63) is 57.6 Å². The molecular weight excluding hydrogens is 299 g/mol. The molecule has 2 aromatic rings. The van der Waals surface area contributed by atoms with Gasteiger partial charge in [-0.15, -0.1) is 0 Å². The molecule has 0 bridgehead atoms. The van der Waals surface area contributed by atoms with Crippen LogP contribution in [0.3, 0.4) is 0 Å². The maximum absolute atomic E-state index is 5.99. The Kier molecular flexibility index (Phi) is 4.30. The zero-order valence-electron chi connectivity index (χ0n) is 10.2. The number of hydrogen-bond donors (Lipinski definition) is 2. The van der Waals surface area contributed by atoms with Gasteiger partial charge in [-0.2, -0.15) is 0 Å². The highest BCUT2D eigenvalue weighted by molar-refractivity contribution is 7.80. The van der Waals surface area contributed by atoms with Crippen LogP contribution < -0.4 is 11.1 Å². The molecule has 2 rings (SSSR count). The molecule has 98 valence electrons. The van der Waals surface area contributed by atoms with E-state index in [0.717, 1.165) is 22.5 Å². The summed E-state index contributed by atoms with van der Waals surface area (Å²) in [5.74, 6) is 0. The van der Waals surface area contributed by atoms with E-state index in [4.69, 9.17) is 41.2 Å². The number of hydrogen-bond acceptors (Lipinski definition) is 2. The molecule has 0 fully saturated rings. The fourth-order valence-electron chi connectivity index (χ4n) is 1.70. The van der Waals surface area contributed by atoms with Crippen LogP contribution in [0.2, 0.25) is 10.0 Å². The number of rotatable bonds is 3. The van der Waals surface area contributed by atoms with Crippen LogP contribution in [-0.4, -0.2) is 4.99 Å². The van der Waals surface area contributed by atoms with Crippen LogP contribution in [0.5, 0.6) is 0 Å². The van der Waals surface area contributed by atoms with Gasteiger partial charge in [0.25, 0.3) is 0 Å². The summed E-state index contributed by atoms with van der Waals surface area (Å²) in [4.78, 5) is 0.353.